The normalized spacial score (nSPS) is 11.2. The molecule has 1 heterocycles. The third kappa shape index (κ3) is 2.56. The molecule has 2 rings (SSSR count). The van der Waals surface area contributed by atoms with Gasteiger partial charge in [0.05, 0.1) is 21.5 Å². The number of benzene rings is 1. The molecule has 0 amide bonds. The largest absolute Gasteiger partial charge is 0.369 e. The van der Waals surface area contributed by atoms with E-state index in [-0.39, 0.29) is 5.69 Å². The predicted octanol–water partition coefficient (Wildman–Crippen LogP) is 2.43. The standard InChI is InChI=1S/C10H10N4O2S/c1-13(2)6-11-10-12-8-4-3-7(14(15)16)5-9(8)17-10/h3-6H,1-2H3. The lowest BCUT2D eigenvalue weighted by atomic mass is 10.3. The van der Waals surface area contributed by atoms with Crippen LogP contribution in [0.2, 0.25) is 0 Å². The van der Waals surface area contributed by atoms with Crippen LogP contribution in [0.1, 0.15) is 0 Å². The van der Waals surface area contributed by atoms with Gasteiger partial charge >= 0.3 is 0 Å². The van der Waals surface area contributed by atoms with Gasteiger partial charge in [0.25, 0.3) is 5.69 Å². The number of nitro groups is 1. The van der Waals surface area contributed by atoms with Crippen LogP contribution >= 0.6 is 11.3 Å². The molecule has 1 aromatic heterocycles. The molecule has 17 heavy (non-hydrogen) atoms. The molecule has 0 unspecified atom stereocenters. The number of aliphatic imine (C=N–C) groups is 1. The minimum Gasteiger partial charge on any atom is -0.369 e. The predicted molar refractivity (Wildman–Crippen MR) is 68.1 cm³/mol. The molecule has 1 aromatic carbocycles. The first-order valence-corrected chi connectivity index (χ1v) is 5.63. The molecule has 0 radical (unpaired) electrons. The number of thiazole rings is 1. The number of nitro benzene ring substituents is 1. The fraction of sp³-hybridized carbons (Fsp3) is 0.200. The van der Waals surface area contributed by atoms with Crippen LogP contribution in [0, 0.1) is 10.1 Å². The van der Waals surface area contributed by atoms with Crippen molar-refractivity contribution in [1.82, 2.24) is 9.88 Å². The van der Waals surface area contributed by atoms with Crippen LogP contribution < -0.4 is 0 Å². The van der Waals surface area contributed by atoms with Gasteiger partial charge in [0.1, 0.15) is 0 Å². The monoisotopic (exact) mass is 250 g/mol. The van der Waals surface area contributed by atoms with Gasteiger partial charge in [0.2, 0.25) is 5.13 Å². The van der Waals surface area contributed by atoms with E-state index in [1.54, 1.807) is 17.3 Å². The Hall–Kier alpha value is -2.02. The number of rotatable bonds is 3. The maximum atomic E-state index is 10.6. The summed E-state index contributed by atoms with van der Waals surface area (Å²) >= 11 is 1.33. The Morgan fingerprint density at radius 2 is 2.29 bits per heavy atom. The Kier molecular flexibility index (Phi) is 3.01. The van der Waals surface area contributed by atoms with Crippen molar-refractivity contribution >= 4 is 38.7 Å². The zero-order chi connectivity index (χ0) is 12.4. The molecule has 0 saturated carbocycles. The third-order valence-electron chi connectivity index (χ3n) is 1.97. The lowest BCUT2D eigenvalue weighted by molar-refractivity contribution is -0.384. The topological polar surface area (TPSA) is 71.6 Å². The average Bonchev–Trinajstić information content (AvgIpc) is 2.67. The molecule has 0 aliphatic rings. The van der Waals surface area contributed by atoms with Crippen molar-refractivity contribution in [2.45, 2.75) is 0 Å². The van der Waals surface area contributed by atoms with Crippen molar-refractivity contribution in [3.63, 3.8) is 0 Å². The molecule has 0 spiro atoms. The van der Waals surface area contributed by atoms with E-state index in [1.807, 2.05) is 14.1 Å². The Morgan fingerprint density at radius 3 is 2.94 bits per heavy atom. The molecule has 0 atom stereocenters. The summed E-state index contributed by atoms with van der Waals surface area (Å²) in [5.74, 6) is 0. The summed E-state index contributed by atoms with van der Waals surface area (Å²) < 4.78 is 0.769. The molecular formula is C10H10N4O2S. The average molecular weight is 250 g/mol. The number of non-ortho nitro benzene ring substituents is 1. The van der Waals surface area contributed by atoms with E-state index in [0.717, 1.165) is 10.2 Å². The Morgan fingerprint density at radius 1 is 1.53 bits per heavy atom. The Balaban J connectivity index is 2.40. The lowest BCUT2D eigenvalue weighted by Gasteiger charge is -1.99. The van der Waals surface area contributed by atoms with E-state index >= 15 is 0 Å². The SMILES string of the molecule is CN(C)C=Nc1nc2ccc([N+](=O)[O-])cc2s1. The van der Waals surface area contributed by atoms with Gasteiger partial charge in [-0.1, -0.05) is 11.3 Å². The van der Waals surface area contributed by atoms with Gasteiger partial charge in [0, 0.05) is 26.2 Å². The summed E-state index contributed by atoms with van der Waals surface area (Å²) in [5.41, 5.74) is 0.802. The summed E-state index contributed by atoms with van der Waals surface area (Å²) in [5, 5.41) is 11.2. The molecule has 0 saturated heterocycles. The summed E-state index contributed by atoms with van der Waals surface area (Å²) in [6, 6.07) is 4.60. The first-order valence-electron chi connectivity index (χ1n) is 4.82. The van der Waals surface area contributed by atoms with Gasteiger partial charge in [-0.15, -0.1) is 0 Å². The van der Waals surface area contributed by atoms with Crippen molar-refractivity contribution in [2.75, 3.05) is 14.1 Å². The molecule has 7 heteroatoms. The van der Waals surface area contributed by atoms with E-state index in [1.165, 1.54) is 23.5 Å². The minimum absolute atomic E-state index is 0.0734. The highest BCUT2D eigenvalue weighted by atomic mass is 32.1. The van der Waals surface area contributed by atoms with Crippen LogP contribution in [0.25, 0.3) is 10.2 Å². The van der Waals surface area contributed by atoms with E-state index in [0.29, 0.717) is 5.13 Å². The first-order chi connectivity index (χ1) is 8.06. The van der Waals surface area contributed by atoms with Crippen molar-refractivity contribution in [2.24, 2.45) is 4.99 Å². The van der Waals surface area contributed by atoms with Gasteiger partial charge in [0.15, 0.2) is 0 Å². The lowest BCUT2D eigenvalue weighted by Crippen LogP contribution is -2.06. The Labute approximate surface area is 101 Å². The highest BCUT2D eigenvalue weighted by molar-refractivity contribution is 7.22. The molecule has 2 aromatic rings. The quantitative estimate of drug-likeness (QED) is 0.363. The minimum atomic E-state index is -0.415. The van der Waals surface area contributed by atoms with Gasteiger partial charge in [-0.05, 0) is 6.07 Å². The van der Waals surface area contributed by atoms with Gasteiger partial charge in [-0.25, -0.2) is 9.98 Å². The number of fused-ring (bicyclic) bond motifs is 1. The van der Waals surface area contributed by atoms with Crippen molar-refractivity contribution in [3.05, 3.63) is 28.3 Å². The summed E-state index contributed by atoms with van der Waals surface area (Å²) in [7, 11) is 3.73. The summed E-state index contributed by atoms with van der Waals surface area (Å²) in [4.78, 5) is 20.4. The molecule has 6 nitrogen and oxygen atoms in total. The number of nitrogens with zero attached hydrogens (tertiary/aromatic N) is 4. The van der Waals surface area contributed by atoms with E-state index in [4.69, 9.17) is 0 Å². The number of hydrogen-bond donors (Lipinski definition) is 0. The highest BCUT2D eigenvalue weighted by Crippen LogP contribution is 2.30. The number of aromatic nitrogens is 1. The van der Waals surface area contributed by atoms with Gasteiger partial charge < -0.3 is 4.90 Å². The highest BCUT2D eigenvalue weighted by Gasteiger charge is 2.09. The maximum absolute atomic E-state index is 10.6. The smallest absolute Gasteiger partial charge is 0.270 e. The van der Waals surface area contributed by atoms with E-state index in [2.05, 4.69) is 9.98 Å². The molecule has 0 aliphatic carbocycles. The second-order valence-electron chi connectivity index (χ2n) is 3.61. The van der Waals surface area contributed by atoms with Crippen molar-refractivity contribution in [3.8, 4) is 0 Å². The zero-order valence-electron chi connectivity index (χ0n) is 9.32. The first kappa shape index (κ1) is 11.5. The van der Waals surface area contributed by atoms with E-state index in [9.17, 15) is 10.1 Å². The van der Waals surface area contributed by atoms with Crippen LogP contribution in [0.3, 0.4) is 0 Å². The second-order valence-corrected chi connectivity index (χ2v) is 4.62. The number of hydrogen-bond acceptors (Lipinski definition) is 5. The summed E-state index contributed by atoms with van der Waals surface area (Å²) in [6.07, 6.45) is 1.64. The molecule has 0 bridgehead atoms. The maximum Gasteiger partial charge on any atom is 0.270 e. The second kappa shape index (κ2) is 4.46. The van der Waals surface area contributed by atoms with Crippen molar-refractivity contribution in [1.29, 1.82) is 0 Å². The fourth-order valence-electron chi connectivity index (χ4n) is 1.23. The van der Waals surface area contributed by atoms with Crippen LogP contribution in [-0.2, 0) is 0 Å². The zero-order valence-corrected chi connectivity index (χ0v) is 10.1. The van der Waals surface area contributed by atoms with Gasteiger partial charge in [-0.2, -0.15) is 0 Å². The van der Waals surface area contributed by atoms with Crippen LogP contribution in [0.4, 0.5) is 10.8 Å². The Bertz CT molecular complexity index is 591. The van der Waals surface area contributed by atoms with Crippen LogP contribution in [0.5, 0.6) is 0 Å². The third-order valence-corrected chi connectivity index (χ3v) is 2.90. The molecule has 0 aliphatic heterocycles. The van der Waals surface area contributed by atoms with Crippen molar-refractivity contribution < 1.29 is 4.92 Å². The van der Waals surface area contributed by atoms with Crippen LogP contribution in [0.15, 0.2) is 23.2 Å². The van der Waals surface area contributed by atoms with E-state index < -0.39 is 4.92 Å². The fourth-order valence-corrected chi connectivity index (χ4v) is 2.07. The summed E-state index contributed by atoms with van der Waals surface area (Å²) in [6.45, 7) is 0. The van der Waals surface area contributed by atoms with Crippen LogP contribution in [-0.4, -0.2) is 35.2 Å². The molecule has 0 N–H and O–H groups in total. The molecule has 88 valence electrons. The molecular weight excluding hydrogens is 240 g/mol. The van der Waals surface area contributed by atoms with Gasteiger partial charge in [-0.3, -0.25) is 10.1 Å². The molecule has 0 fully saturated rings.